The van der Waals surface area contributed by atoms with Crippen molar-refractivity contribution < 1.29 is 23.9 Å². The van der Waals surface area contributed by atoms with Crippen molar-refractivity contribution in [2.24, 2.45) is 11.8 Å². The highest BCUT2D eigenvalue weighted by Crippen LogP contribution is 2.41. The Balaban J connectivity index is 1.49. The first-order valence-corrected chi connectivity index (χ1v) is 9.39. The van der Waals surface area contributed by atoms with Crippen molar-refractivity contribution >= 4 is 17.8 Å². The molecule has 1 aliphatic carbocycles. The summed E-state index contributed by atoms with van der Waals surface area (Å²) in [4.78, 5) is 40.5. The van der Waals surface area contributed by atoms with Crippen LogP contribution in [-0.2, 0) is 20.9 Å². The van der Waals surface area contributed by atoms with E-state index in [9.17, 15) is 19.5 Å². The minimum Gasteiger partial charge on any atom is -0.480 e. The maximum absolute atomic E-state index is 13.2. The Hall–Kier alpha value is -2.31. The van der Waals surface area contributed by atoms with Crippen molar-refractivity contribution in [2.45, 2.75) is 57.2 Å². The molecule has 140 valence electrons. The molecule has 1 saturated carbocycles. The average Bonchev–Trinajstić information content (AvgIpc) is 3.34. The molecule has 7 heteroatoms. The molecule has 0 bridgehead atoms. The lowest BCUT2D eigenvalue weighted by molar-refractivity contribution is -0.151. The molecular weight excluding hydrogens is 336 g/mol. The fraction of sp³-hybridized carbons (Fsp3) is 0.632. The Morgan fingerprint density at radius 1 is 1.27 bits per heavy atom. The van der Waals surface area contributed by atoms with Gasteiger partial charge in [-0.1, -0.05) is 12.8 Å². The Morgan fingerprint density at radius 3 is 2.81 bits per heavy atom. The van der Waals surface area contributed by atoms with Gasteiger partial charge in [-0.3, -0.25) is 9.59 Å². The van der Waals surface area contributed by atoms with Crippen molar-refractivity contribution in [3.63, 3.8) is 0 Å². The first kappa shape index (κ1) is 17.1. The molecule has 0 spiro atoms. The molecule has 4 atom stereocenters. The van der Waals surface area contributed by atoms with Gasteiger partial charge in [-0.25, -0.2) is 4.79 Å². The molecule has 0 unspecified atom stereocenters. The van der Waals surface area contributed by atoms with Gasteiger partial charge in [0.05, 0.1) is 18.7 Å². The number of furan rings is 1. The second kappa shape index (κ2) is 6.78. The van der Waals surface area contributed by atoms with E-state index in [4.69, 9.17) is 4.42 Å². The van der Waals surface area contributed by atoms with E-state index in [1.165, 1.54) is 0 Å². The van der Waals surface area contributed by atoms with Crippen LogP contribution < -0.4 is 0 Å². The predicted octanol–water partition coefficient (Wildman–Crippen LogP) is 1.87. The van der Waals surface area contributed by atoms with Crippen molar-refractivity contribution in [1.29, 1.82) is 0 Å². The number of fused-ring (bicyclic) bond motifs is 1. The molecule has 0 aromatic carbocycles. The topological polar surface area (TPSA) is 91.1 Å². The van der Waals surface area contributed by atoms with Gasteiger partial charge < -0.3 is 19.3 Å². The molecule has 0 radical (unpaired) electrons. The monoisotopic (exact) mass is 360 g/mol. The Morgan fingerprint density at radius 2 is 2.08 bits per heavy atom. The van der Waals surface area contributed by atoms with Crippen LogP contribution in [0, 0.1) is 11.8 Å². The molecule has 1 N–H and O–H groups in total. The highest BCUT2D eigenvalue weighted by atomic mass is 16.4. The first-order chi connectivity index (χ1) is 12.5. The Kier molecular flexibility index (Phi) is 4.46. The van der Waals surface area contributed by atoms with Gasteiger partial charge in [0.1, 0.15) is 11.8 Å². The van der Waals surface area contributed by atoms with Crippen molar-refractivity contribution in [3.05, 3.63) is 24.2 Å². The fourth-order valence-corrected chi connectivity index (χ4v) is 4.89. The van der Waals surface area contributed by atoms with Gasteiger partial charge in [-0.15, -0.1) is 0 Å². The number of hydrogen-bond donors (Lipinski definition) is 1. The minimum absolute atomic E-state index is 0.0200. The van der Waals surface area contributed by atoms with Crippen LogP contribution in [0.15, 0.2) is 22.8 Å². The quantitative estimate of drug-likeness (QED) is 0.885. The lowest BCUT2D eigenvalue weighted by Crippen LogP contribution is -2.49. The molecule has 7 nitrogen and oxygen atoms in total. The summed E-state index contributed by atoms with van der Waals surface area (Å²) in [5, 5.41) is 9.61. The third-order valence-electron chi connectivity index (χ3n) is 6.12. The second-order valence-corrected chi connectivity index (χ2v) is 7.70. The normalized spacial score (nSPS) is 31.3. The van der Waals surface area contributed by atoms with E-state index in [0.717, 1.165) is 25.7 Å². The van der Waals surface area contributed by atoms with Crippen LogP contribution in [-0.4, -0.2) is 51.3 Å². The zero-order chi connectivity index (χ0) is 18.3. The Labute approximate surface area is 151 Å². The van der Waals surface area contributed by atoms with E-state index in [1.54, 1.807) is 28.2 Å². The van der Waals surface area contributed by atoms with Gasteiger partial charge in [-0.2, -0.15) is 0 Å². The summed E-state index contributed by atoms with van der Waals surface area (Å²) < 4.78 is 5.29. The first-order valence-electron chi connectivity index (χ1n) is 9.39. The van der Waals surface area contributed by atoms with Crippen LogP contribution in [0.25, 0.3) is 0 Å². The fourth-order valence-electron chi connectivity index (χ4n) is 4.89. The SMILES string of the molecule is O=C(O)[C@@H]1C[C@@H]2CCCC[C@@H]2N1C(=O)[C@@H]1CC(=O)N(Cc2ccco2)C1. The number of carbonyl (C=O) groups excluding carboxylic acids is 2. The lowest BCUT2D eigenvalue weighted by Gasteiger charge is -2.34. The standard InChI is InChI=1S/C19H24N2O5/c22-17-9-13(10-20(17)11-14-5-3-7-26-14)18(23)21-15-6-2-1-4-12(15)8-16(21)19(24)25/h3,5,7,12-13,15-16H,1-2,4,6,8-11H2,(H,24,25)/t12-,13+,15-,16-/m0/s1. The third kappa shape index (κ3) is 2.99. The molecule has 2 saturated heterocycles. The van der Waals surface area contributed by atoms with Gasteiger partial charge in [0.2, 0.25) is 11.8 Å². The molecule has 26 heavy (non-hydrogen) atoms. The lowest BCUT2D eigenvalue weighted by atomic mass is 9.84. The van der Waals surface area contributed by atoms with Crippen LogP contribution in [0.5, 0.6) is 0 Å². The average molecular weight is 360 g/mol. The van der Waals surface area contributed by atoms with Crippen molar-refractivity contribution in [1.82, 2.24) is 9.80 Å². The molecule has 3 heterocycles. The van der Waals surface area contributed by atoms with Gasteiger partial charge in [0.25, 0.3) is 0 Å². The molecule has 4 rings (SSSR count). The maximum atomic E-state index is 13.2. The second-order valence-electron chi connectivity index (χ2n) is 7.70. The molecular formula is C19H24N2O5. The summed E-state index contributed by atoms with van der Waals surface area (Å²) in [6.07, 6.45) is 6.26. The number of hydrogen-bond acceptors (Lipinski definition) is 4. The van der Waals surface area contributed by atoms with Gasteiger partial charge in [0, 0.05) is 19.0 Å². The van der Waals surface area contributed by atoms with Crippen LogP contribution >= 0.6 is 0 Å². The van der Waals surface area contributed by atoms with Crippen LogP contribution in [0.3, 0.4) is 0 Å². The van der Waals surface area contributed by atoms with Crippen molar-refractivity contribution in [3.8, 4) is 0 Å². The zero-order valence-electron chi connectivity index (χ0n) is 14.7. The van der Waals surface area contributed by atoms with E-state index in [0.29, 0.717) is 25.3 Å². The smallest absolute Gasteiger partial charge is 0.326 e. The molecule has 3 aliphatic rings. The van der Waals surface area contributed by atoms with E-state index in [1.807, 2.05) is 0 Å². The number of carbonyl (C=O) groups is 3. The molecule has 1 aromatic rings. The molecule has 2 aliphatic heterocycles. The van der Waals surface area contributed by atoms with Crippen LogP contribution in [0.4, 0.5) is 0 Å². The van der Waals surface area contributed by atoms with E-state index >= 15 is 0 Å². The minimum atomic E-state index is -0.926. The number of rotatable bonds is 4. The largest absolute Gasteiger partial charge is 0.480 e. The van der Waals surface area contributed by atoms with Crippen LogP contribution in [0.1, 0.15) is 44.3 Å². The zero-order valence-corrected chi connectivity index (χ0v) is 14.7. The molecule has 2 amide bonds. The number of carboxylic acid groups (broad SMARTS) is 1. The number of amides is 2. The molecule has 3 fully saturated rings. The summed E-state index contributed by atoms with van der Waals surface area (Å²) in [6, 6.07) is 2.84. The summed E-state index contributed by atoms with van der Waals surface area (Å²) in [5.74, 6) is -0.661. The van der Waals surface area contributed by atoms with E-state index in [-0.39, 0.29) is 30.2 Å². The van der Waals surface area contributed by atoms with Gasteiger partial charge >= 0.3 is 5.97 Å². The highest BCUT2D eigenvalue weighted by molar-refractivity contribution is 5.92. The van der Waals surface area contributed by atoms with Crippen LogP contribution in [0.2, 0.25) is 0 Å². The van der Waals surface area contributed by atoms with Gasteiger partial charge in [0.15, 0.2) is 0 Å². The number of aliphatic carboxylic acids is 1. The van der Waals surface area contributed by atoms with E-state index < -0.39 is 17.9 Å². The molecule has 1 aromatic heterocycles. The number of nitrogens with zero attached hydrogens (tertiary/aromatic N) is 2. The summed E-state index contributed by atoms with van der Waals surface area (Å²) in [5.41, 5.74) is 0. The van der Waals surface area contributed by atoms with E-state index in [2.05, 4.69) is 0 Å². The Bertz CT molecular complexity index is 701. The maximum Gasteiger partial charge on any atom is 0.326 e. The number of carboxylic acids is 1. The number of likely N-dealkylation sites (tertiary alicyclic amines) is 2. The third-order valence-corrected chi connectivity index (χ3v) is 6.12. The summed E-state index contributed by atoms with van der Waals surface area (Å²) >= 11 is 0. The van der Waals surface area contributed by atoms with Gasteiger partial charge in [-0.05, 0) is 37.3 Å². The summed E-state index contributed by atoms with van der Waals surface area (Å²) in [6.45, 7) is 0.683. The van der Waals surface area contributed by atoms with Crippen molar-refractivity contribution in [2.75, 3.05) is 6.54 Å². The predicted molar refractivity (Wildman–Crippen MR) is 90.9 cm³/mol. The highest BCUT2D eigenvalue weighted by Gasteiger charge is 2.50. The summed E-state index contributed by atoms with van der Waals surface area (Å²) in [7, 11) is 0.